The molecule has 0 saturated carbocycles. The molecule has 146 valence electrons. The van der Waals surface area contributed by atoms with Gasteiger partial charge in [0.1, 0.15) is 22.3 Å². The Kier molecular flexibility index (Phi) is 5.86. The van der Waals surface area contributed by atoms with E-state index in [1.807, 2.05) is 0 Å². The minimum atomic E-state index is -3.98. The fourth-order valence-electron chi connectivity index (χ4n) is 2.27. The Morgan fingerprint density at radius 2 is 1.74 bits per heavy atom. The Morgan fingerprint density at radius 1 is 1.07 bits per heavy atom. The van der Waals surface area contributed by atoms with Crippen LogP contribution in [0.25, 0.3) is 0 Å². The lowest BCUT2D eigenvalue weighted by Gasteiger charge is -2.21. The first-order chi connectivity index (χ1) is 12.4. The summed E-state index contributed by atoms with van der Waals surface area (Å²) in [6.07, 6.45) is 0. The van der Waals surface area contributed by atoms with Gasteiger partial charge in [-0.25, -0.2) is 21.9 Å². The highest BCUT2D eigenvalue weighted by Crippen LogP contribution is 2.26. The van der Waals surface area contributed by atoms with E-state index < -0.39 is 33.1 Å². The predicted molar refractivity (Wildman–Crippen MR) is 97.4 cm³/mol. The molecular weight excluding hydrogens is 378 g/mol. The molecule has 0 bridgehead atoms. The van der Waals surface area contributed by atoms with Crippen LogP contribution in [-0.2, 0) is 10.0 Å². The quantitative estimate of drug-likeness (QED) is 0.809. The number of anilines is 1. The van der Waals surface area contributed by atoms with Gasteiger partial charge in [0.15, 0.2) is 0 Å². The fraction of sp³-hybridized carbons (Fsp3) is 0.278. The van der Waals surface area contributed by atoms with Gasteiger partial charge in [0.2, 0.25) is 10.0 Å². The number of ether oxygens (including phenoxy) is 1. The van der Waals surface area contributed by atoms with Gasteiger partial charge in [0.05, 0.1) is 12.8 Å². The van der Waals surface area contributed by atoms with E-state index >= 15 is 0 Å². The molecule has 0 aliphatic carbocycles. The average molecular weight is 398 g/mol. The summed E-state index contributed by atoms with van der Waals surface area (Å²) in [4.78, 5) is 12.2. The van der Waals surface area contributed by atoms with E-state index in [2.05, 4.69) is 10.0 Å². The summed E-state index contributed by atoms with van der Waals surface area (Å²) >= 11 is 0. The zero-order chi connectivity index (χ0) is 20.4. The third-order valence-corrected chi connectivity index (χ3v) is 5.11. The van der Waals surface area contributed by atoms with Gasteiger partial charge in [0, 0.05) is 17.2 Å². The molecule has 2 rings (SSSR count). The molecule has 2 aromatic carbocycles. The monoisotopic (exact) mass is 398 g/mol. The number of benzene rings is 2. The van der Waals surface area contributed by atoms with Crippen LogP contribution >= 0.6 is 0 Å². The van der Waals surface area contributed by atoms with Gasteiger partial charge in [-0.05, 0) is 51.1 Å². The average Bonchev–Trinajstić information content (AvgIpc) is 2.54. The van der Waals surface area contributed by atoms with Crippen molar-refractivity contribution in [1.29, 1.82) is 0 Å². The van der Waals surface area contributed by atoms with E-state index in [-0.39, 0.29) is 21.9 Å². The highest BCUT2D eigenvalue weighted by Gasteiger charge is 2.26. The van der Waals surface area contributed by atoms with Crippen LogP contribution in [-0.4, -0.2) is 27.0 Å². The van der Waals surface area contributed by atoms with Crippen LogP contribution in [0.2, 0.25) is 0 Å². The van der Waals surface area contributed by atoms with E-state index in [0.717, 1.165) is 18.2 Å². The topological polar surface area (TPSA) is 84.5 Å². The van der Waals surface area contributed by atoms with E-state index in [1.165, 1.54) is 19.2 Å². The van der Waals surface area contributed by atoms with Crippen LogP contribution in [0, 0.1) is 11.6 Å². The smallest absolute Gasteiger partial charge is 0.255 e. The third-order valence-electron chi connectivity index (χ3n) is 3.34. The van der Waals surface area contributed by atoms with Crippen LogP contribution in [0.3, 0.4) is 0 Å². The maximum absolute atomic E-state index is 13.7. The molecule has 1 amide bonds. The molecule has 0 spiro atoms. The summed E-state index contributed by atoms with van der Waals surface area (Å²) in [5.41, 5.74) is -1.01. The third kappa shape index (κ3) is 5.24. The second kappa shape index (κ2) is 7.61. The SMILES string of the molecule is COc1ccc(C(=O)Nc2ccc(F)cc2F)cc1S(=O)(=O)NC(C)(C)C. The minimum Gasteiger partial charge on any atom is -0.495 e. The molecule has 0 fully saturated rings. The van der Waals surface area contributed by atoms with E-state index in [4.69, 9.17) is 4.74 Å². The normalized spacial score (nSPS) is 11.9. The second-order valence-corrected chi connectivity index (χ2v) is 8.45. The predicted octanol–water partition coefficient (Wildman–Crippen LogP) is 3.30. The molecule has 0 saturated heterocycles. The van der Waals surface area contributed by atoms with Crippen molar-refractivity contribution in [3.63, 3.8) is 0 Å². The van der Waals surface area contributed by atoms with Gasteiger partial charge in [-0.3, -0.25) is 4.79 Å². The van der Waals surface area contributed by atoms with Crippen molar-refractivity contribution in [2.45, 2.75) is 31.2 Å². The van der Waals surface area contributed by atoms with Crippen molar-refractivity contribution >= 4 is 21.6 Å². The summed E-state index contributed by atoms with van der Waals surface area (Å²) in [6, 6.07) is 6.50. The van der Waals surface area contributed by atoms with Gasteiger partial charge < -0.3 is 10.1 Å². The lowest BCUT2D eigenvalue weighted by molar-refractivity contribution is 0.102. The van der Waals surface area contributed by atoms with Crippen molar-refractivity contribution < 1.29 is 26.7 Å². The summed E-state index contributed by atoms with van der Waals surface area (Å²) in [5, 5.41) is 2.28. The van der Waals surface area contributed by atoms with Gasteiger partial charge in [0.25, 0.3) is 5.91 Å². The number of amides is 1. The lowest BCUT2D eigenvalue weighted by atomic mass is 10.1. The molecule has 6 nitrogen and oxygen atoms in total. The van der Waals surface area contributed by atoms with Crippen LogP contribution < -0.4 is 14.8 Å². The first-order valence-electron chi connectivity index (χ1n) is 7.91. The zero-order valence-corrected chi connectivity index (χ0v) is 16.1. The Morgan fingerprint density at radius 3 is 2.30 bits per heavy atom. The number of halogens is 2. The minimum absolute atomic E-state index is 0.0335. The number of nitrogens with one attached hydrogen (secondary N) is 2. The molecule has 0 heterocycles. The van der Waals surface area contributed by atoms with Crippen LogP contribution in [0.15, 0.2) is 41.3 Å². The Bertz CT molecular complexity index is 970. The lowest BCUT2D eigenvalue weighted by Crippen LogP contribution is -2.40. The Hall–Kier alpha value is -2.52. The largest absolute Gasteiger partial charge is 0.495 e. The molecule has 9 heteroatoms. The maximum atomic E-state index is 13.7. The second-order valence-electron chi connectivity index (χ2n) is 6.80. The number of methoxy groups -OCH3 is 1. The molecular formula is C18H20F2N2O4S. The Labute approximate surface area is 156 Å². The number of sulfonamides is 1. The molecule has 0 unspecified atom stereocenters. The van der Waals surface area contributed by atoms with Crippen molar-refractivity contribution in [3.8, 4) is 5.75 Å². The van der Waals surface area contributed by atoms with E-state index in [1.54, 1.807) is 20.8 Å². The maximum Gasteiger partial charge on any atom is 0.255 e. The van der Waals surface area contributed by atoms with Crippen LogP contribution in [0.4, 0.5) is 14.5 Å². The highest BCUT2D eigenvalue weighted by atomic mass is 32.2. The van der Waals surface area contributed by atoms with Gasteiger partial charge in [-0.2, -0.15) is 0 Å². The molecule has 2 N–H and O–H groups in total. The molecule has 0 aliphatic heterocycles. The van der Waals surface area contributed by atoms with Crippen LogP contribution in [0.1, 0.15) is 31.1 Å². The summed E-state index contributed by atoms with van der Waals surface area (Å²) in [7, 11) is -2.68. The van der Waals surface area contributed by atoms with E-state index in [9.17, 15) is 22.0 Å². The highest BCUT2D eigenvalue weighted by molar-refractivity contribution is 7.89. The van der Waals surface area contributed by atoms with Crippen molar-refractivity contribution in [3.05, 3.63) is 53.6 Å². The first-order valence-corrected chi connectivity index (χ1v) is 9.40. The molecule has 0 aliphatic rings. The standard InChI is InChI=1S/C18H20F2N2O4S/c1-18(2,3)22-27(24,25)16-9-11(5-8-15(16)26-4)17(23)21-14-7-6-12(19)10-13(14)20/h5-10,22H,1-4H3,(H,21,23). The first kappa shape index (κ1) is 20.8. The number of hydrogen-bond acceptors (Lipinski definition) is 4. The molecule has 0 radical (unpaired) electrons. The summed E-state index contributed by atoms with van der Waals surface area (Å²) < 4.78 is 59.5. The number of rotatable bonds is 5. The molecule has 0 aromatic heterocycles. The number of carbonyl (C=O) groups excluding carboxylic acids is 1. The molecule has 27 heavy (non-hydrogen) atoms. The van der Waals surface area contributed by atoms with Gasteiger partial charge >= 0.3 is 0 Å². The number of hydrogen-bond donors (Lipinski definition) is 2. The fourth-order valence-corrected chi connectivity index (χ4v) is 3.89. The molecule has 2 aromatic rings. The van der Waals surface area contributed by atoms with E-state index in [0.29, 0.717) is 6.07 Å². The molecule has 0 atom stereocenters. The van der Waals surface area contributed by atoms with Crippen molar-refractivity contribution in [1.82, 2.24) is 4.72 Å². The Balaban J connectivity index is 2.40. The zero-order valence-electron chi connectivity index (χ0n) is 15.3. The van der Waals surface area contributed by atoms with Gasteiger partial charge in [-0.15, -0.1) is 0 Å². The van der Waals surface area contributed by atoms with Crippen LogP contribution in [0.5, 0.6) is 5.75 Å². The van der Waals surface area contributed by atoms with Crippen molar-refractivity contribution in [2.24, 2.45) is 0 Å². The summed E-state index contributed by atoms with van der Waals surface area (Å²) in [5.74, 6) is -2.43. The van der Waals surface area contributed by atoms with Crippen molar-refractivity contribution in [2.75, 3.05) is 12.4 Å². The summed E-state index contributed by atoms with van der Waals surface area (Å²) in [6.45, 7) is 5.01. The van der Waals surface area contributed by atoms with Gasteiger partial charge in [-0.1, -0.05) is 0 Å². The number of carbonyl (C=O) groups is 1.